The lowest BCUT2D eigenvalue weighted by atomic mass is 10.0. The van der Waals surface area contributed by atoms with Crippen molar-refractivity contribution in [3.05, 3.63) is 40.8 Å². The molecule has 2 heterocycles. The molecule has 0 atom stereocenters. The number of nitrogens with zero attached hydrogens (tertiary/aromatic N) is 1. The van der Waals surface area contributed by atoms with Gasteiger partial charge in [0.1, 0.15) is 11.3 Å². The second kappa shape index (κ2) is 6.88. The summed E-state index contributed by atoms with van der Waals surface area (Å²) >= 11 is 0. The summed E-state index contributed by atoms with van der Waals surface area (Å²) in [5.74, 6) is 0.403. The third-order valence-corrected chi connectivity index (χ3v) is 4.92. The Hall–Kier alpha value is -2.34. The highest BCUT2D eigenvalue weighted by molar-refractivity contribution is 5.79. The number of rotatable bonds is 5. The van der Waals surface area contributed by atoms with E-state index >= 15 is 0 Å². The van der Waals surface area contributed by atoms with Crippen molar-refractivity contribution in [3.63, 3.8) is 0 Å². The van der Waals surface area contributed by atoms with Crippen LogP contribution in [0.1, 0.15) is 25.7 Å². The molecule has 1 aliphatic heterocycles. The Morgan fingerprint density at radius 3 is 2.68 bits per heavy atom. The molecule has 1 aromatic heterocycles. The van der Waals surface area contributed by atoms with Crippen LogP contribution in [0.4, 0.5) is 0 Å². The third kappa shape index (κ3) is 4.02. The average molecular weight is 342 g/mol. The summed E-state index contributed by atoms with van der Waals surface area (Å²) in [5.41, 5.74) is 0.0535. The van der Waals surface area contributed by atoms with Crippen LogP contribution in [0.15, 0.2) is 39.5 Å². The number of ether oxygens (including phenoxy) is 1. The first-order valence-electron chi connectivity index (χ1n) is 8.87. The number of likely N-dealkylation sites (tertiary alicyclic amines) is 1. The number of amides is 1. The number of fused-ring (bicyclic) bond motifs is 1. The predicted molar refractivity (Wildman–Crippen MR) is 93.7 cm³/mol. The van der Waals surface area contributed by atoms with Gasteiger partial charge in [-0.2, -0.15) is 0 Å². The molecule has 2 fully saturated rings. The van der Waals surface area contributed by atoms with Gasteiger partial charge in [0.15, 0.2) is 6.61 Å². The second-order valence-corrected chi connectivity index (χ2v) is 6.85. The molecule has 1 saturated heterocycles. The van der Waals surface area contributed by atoms with Crippen LogP contribution in [0, 0.1) is 0 Å². The van der Waals surface area contributed by atoms with Crippen LogP contribution in [-0.4, -0.2) is 42.6 Å². The van der Waals surface area contributed by atoms with Crippen LogP contribution in [0.25, 0.3) is 11.0 Å². The van der Waals surface area contributed by atoms with Crippen molar-refractivity contribution in [2.45, 2.75) is 37.8 Å². The fourth-order valence-corrected chi connectivity index (χ4v) is 3.40. The van der Waals surface area contributed by atoms with Crippen LogP contribution < -0.4 is 15.7 Å². The first kappa shape index (κ1) is 16.1. The lowest BCUT2D eigenvalue weighted by Gasteiger charge is -2.32. The number of piperidine rings is 1. The molecule has 25 heavy (non-hydrogen) atoms. The summed E-state index contributed by atoms with van der Waals surface area (Å²) in [7, 11) is 0. The van der Waals surface area contributed by atoms with Gasteiger partial charge in [0.05, 0.1) is 0 Å². The van der Waals surface area contributed by atoms with E-state index < -0.39 is 5.63 Å². The van der Waals surface area contributed by atoms with Crippen LogP contribution in [-0.2, 0) is 4.79 Å². The maximum atomic E-state index is 12.1. The fraction of sp³-hybridized carbons (Fsp3) is 0.474. The van der Waals surface area contributed by atoms with Crippen LogP contribution in [0.5, 0.6) is 5.75 Å². The largest absolute Gasteiger partial charge is 0.484 e. The number of hydrogen-bond acceptors (Lipinski definition) is 5. The first-order chi connectivity index (χ1) is 12.2. The Labute approximate surface area is 145 Å². The van der Waals surface area contributed by atoms with E-state index in [1.54, 1.807) is 24.3 Å². The molecular weight excluding hydrogens is 320 g/mol. The van der Waals surface area contributed by atoms with Gasteiger partial charge in [-0.3, -0.25) is 4.79 Å². The number of hydrogen-bond donors (Lipinski definition) is 1. The molecular formula is C19H22N2O4. The van der Waals surface area contributed by atoms with E-state index in [-0.39, 0.29) is 18.6 Å². The van der Waals surface area contributed by atoms with E-state index in [1.165, 1.54) is 18.9 Å². The molecule has 1 saturated carbocycles. The van der Waals surface area contributed by atoms with Crippen molar-refractivity contribution in [1.29, 1.82) is 0 Å². The van der Waals surface area contributed by atoms with E-state index in [4.69, 9.17) is 9.15 Å². The Kier molecular flexibility index (Phi) is 4.44. The predicted octanol–water partition coefficient (Wildman–Crippen LogP) is 1.91. The molecule has 1 amide bonds. The monoisotopic (exact) mass is 342 g/mol. The molecule has 0 radical (unpaired) electrons. The Bertz CT molecular complexity index is 820. The smallest absolute Gasteiger partial charge is 0.336 e. The highest BCUT2D eigenvalue weighted by Crippen LogP contribution is 2.29. The normalized spacial score (nSPS) is 19.0. The van der Waals surface area contributed by atoms with Gasteiger partial charge in [0.25, 0.3) is 5.91 Å². The van der Waals surface area contributed by atoms with Gasteiger partial charge >= 0.3 is 5.63 Å². The van der Waals surface area contributed by atoms with Gasteiger partial charge in [0, 0.05) is 42.7 Å². The van der Waals surface area contributed by atoms with Crippen LogP contribution >= 0.6 is 0 Å². The maximum Gasteiger partial charge on any atom is 0.336 e. The molecule has 2 aliphatic rings. The highest BCUT2D eigenvalue weighted by Gasteiger charge is 2.32. The minimum Gasteiger partial charge on any atom is -0.484 e. The quantitative estimate of drug-likeness (QED) is 0.841. The standard InChI is InChI=1S/C19H22N2O4/c22-18(20-14-7-9-21(10-8-14)15-3-4-15)12-24-16-5-1-13-2-6-19(23)25-17(13)11-16/h1-2,5-6,11,14-15H,3-4,7-10,12H2,(H,20,22). The molecule has 0 unspecified atom stereocenters. The minimum absolute atomic E-state index is 0.0363. The van der Waals surface area contributed by atoms with Crippen molar-refractivity contribution < 1.29 is 13.9 Å². The Morgan fingerprint density at radius 1 is 1.16 bits per heavy atom. The molecule has 6 nitrogen and oxygen atoms in total. The molecule has 2 aromatic rings. The first-order valence-corrected chi connectivity index (χ1v) is 8.87. The maximum absolute atomic E-state index is 12.1. The average Bonchev–Trinajstić information content (AvgIpc) is 3.45. The SMILES string of the molecule is O=C(COc1ccc2ccc(=O)oc2c1)NC1CCN(C2CC2)CC1. The summed E-state index contributed by atoms with van der Waals surface area (Å²) in [4.78, 5) is 25.9. The topological polar surface area (TPSA) is 71.8 Å². The molecule has 1 aliphatic carbocycles. The van der Waals surface area contributed by atoms with Crippen LogP contribution in [0.3, 0.4) is 0 Å². The number of carbonyl (C=O) groups excluding carboxylic acids is 1. The van der Waals surface area contributed by atoms with Gasteiger partial charge in [-0.15, -0.1) is 0 Å². The van der Waals surface area contributed by atoms with Crippen LogP contribution in [0.2, 0.25) is 0 Å². The molecule has 6 heteroatoms. The lowest BCUT2D eigenvalue weighted by molar-refractivity contribution is -0.124. The molecule has 4 rings (SSSR count). The molecule has 0 spiro atoms. The van der Waals surface area contributed by atoms with Gasteiger partial charge in [-0.1, -0.05) is 0 Å². The molecule has 1 N–H and O–H groups in total. The van der Waals surface area contributed by atoms with Gasteiger partial charge in [-0.25, -0.2) is 4.79 Å². The minimum atomic E-state index is -0.403. The molecule has 0 bridgehead atoms. The summed E-state index contributed by atoms with van der Waals surface area (Å²) in [6.07, 6.45) is 4.67. The Balaban J connectivity index is 1.27. The second-order valence-electron chi connectivity index (χ2n) is 6.85. The number of benzene rings is 1. The molecule has 1 aromatic carbocycles. The Morgan fingerprint density at radius 2 is 1.92 bits per heavy atom. The van der Waals surface area contributed by atoms with Crippen molar-refractivity contribution in [3.8, 4) is 5.75 Å². The fourth-order valence-electron chi connectivity index (χ4n) is 3.40. The summed E-state index contributed by atoms with van der Waals surface area (Å²) < 4.78 is 10.7. The van der Waals surface area contributed by atoms with Crippen molar-refractivity contribution in [2.75, 3.05) is 19.7 Å². The third-order valence-electron chi connectivity index (χ3n) is 4.92. The lowest BCUT2D eigenvalue weighted by Crippen LogP contribution is -2.46. The zero-order chi connectivity index (χ0) is 17.2. The summed E-state index contributed by atoms with van der Waals surface area (Å²) in [6, 6.07) is 9.32. The number of nitrogens with one attached hydrogen (secondary N) is 1. The van der Waals surface area contributed by atoms with Crippen molar-refractivity contribution >= 4 is 16.9 Å². The van der Waals surface area contributed by atoms with Crippen molar-refractivity contribution in [2.24, 2.45) is 0 Å². The zero-order valence-electron chi connectivity index (χ0n) is 14.1. The van der Waals surface area contributed by atoms with E-state index in [0.29, 0.717) is 11.3 Å². The highest BCUT2D eigenvalue weighted by atomic mass is 16.5. The number of carbonyl (C=O) groups is 1. The van der Waals surface area contributed by atoms with Gasteiger partial charge in [0.2, 0.25) is 0 Å². The summed E-state index contributed by atoms with van der Waals surface area (Å²) in [6.45, 7) is 2.10. The van der Waals surface area contributed by atoms with E-state index in [9.17, 15) is 9.59 Å². The van der Waals surface area contributed by atoms with Crippen molar-refractivity contribution in [1.82, 2.24) is 10.2 Å². The van der Waals surface area contributed by atoms with E-state index in [1.807, 2.05) is 0 Å². The van der Waals surface area contributed by atoms with E-state index in [2.05, 4.69) is 10.2 Å². The molecule has 132 valence electrons. The zero-order valence-corrected chi connectivity index (χ0v) is 14.1. The van der Waals surface area contributed by atoms with Gasteiger partial charge in [-0.05, 0) is 43.9 Å². The summed E-state index contributed by atoms with van der Waals surface area (Å²) in [5, 5.41) is 3.87. The van der Waals surface area contributed by atoms with E-state index in [0.717, 1.165) is 37.4 Å². The van der Waals surface area contributed by atoms with Gasteiger partial charge < -0.3 is 19.4 Å².